The van der Waals surface area contributed by atoms with E-state index in [2.05, 4.69) is 16.0 Å². The lowest BCUT2D eigenvalue weighted by atomic mass is 10.1. The number of rotatable bonds is 5. The number of nitrogen functional groups attached to an aromatic ring is 1. The summed E-state index contributed by atoms with van der Waals surface area (Å²) in [4.78, 5) is 42.6. The highest BCUT2D eigenvalue weighted by Crippen LogP contribution is 2.36. The molecule has 1 saturated heterocycles. The quantitative estimate of drug-likeness (QED) is 0.788. The molecule has 0 amide bonds. The number of anilines is 1. The van der Waals surface area contributed by atoms with Crippen LogP contribution in [-0.2, 0) is 0 Å². The molecule has 2 aliphatic rings. The normalized spacial score (nSPS) is 20.9. The van der Waals surface area contributed by atoms with Gasteiger partial charge in [0, 0.05) is 17.0 Å². The molecule has 2 aromatic heterocycles. The van der Waals surface area contributed by atoms with Gasteiger partial charge in [0.1, 0.15) is 11.4 Å². The van der Waals surface area contributed by atoms with Crippen LogP contribution in [0.3, 0.4) is 0 Å². The predicted molar refractivity (Wildman–Crippen MR) is 96.2 cm³/mol. The second kappa shape index (κ2) is 6.27. The molecular weight excluding hydrogens is 340 g/mol. The summed E-state index contributed by atoms with van der Waals surface area (Å²) < 4.78 is 1.36. The SMILES string of the molecule is Nc1c(C(=O)CN2CCC[C@@H]2c2cccs2)c(=O)[nH]c(=O)n1C1CC1. The minimum Gasteiger partial charge on any atom is -0.384 e. The van der Waals surface area contributed by atoms with Crippen molar-refractivity contribution in [3.05, 3.63) is 48.8 Å². The number of aromatic amines is 1. The van der Waals surface area contributed by atoms with Crippen LogP contribution in [0.5, 0.6) is 0 Å². The van der Waals surface area contributed by atoms with E-state index < -0.39 is 11.2 Å². The highest BCUT2D eigenvalue weighted by atomic mass is 32.1. The maximum absolute atomic E-state index is 12.8. The number of nitrogens with zero attached hydrogens (tertiary/aromatic N) is 2. The van der Waals surface area contributed by atoms with Crippen LogP contribution in [0.2, 0.25) is 0 Å². The molecule has 2 fully saturated rings. The molecular formula is C17H20N4O3S. The second-order valence-corrected chi connectivity index (χ2v) is 7.67. The van der Waals surface area contributed by atoms with Gasteiger partial charge in [-0.2, -0.15) is 0 Å². The maximum atomic E-state index is 12.8. The van der Waals surface area contributed by atoms with Gasteiger partial charge in [-0.1, -0.05) is 6.07 Å². The van der Waals surface area contributed by atoms with Crippen molar-refractivity contribution >= 4 is 22.9 Å². The van der Waals surface area contributed by atoms with Gasteiger partial charge in [0.25, 0.3) is 5.56 Å². The summed E-state index contributed by atoms with van der Waals surface area (Å²) in [7, 11) is 0. The van der Waals surface area contributed by atoms with Gasteiger partial charge >= 0.3 is 5.69 Å². The lowest BCUT2D eigenvalue weighted by Crippen LogP contribution is -2.38. The van der Waals surface area contributed by atoms with Gasteiger partial charge in [-0.15, -0.1) is 11.3 Å². The molecule has 3 heterocycles. The fraction of sp³-hybridized carbons (Fsp3) is 0.471. The number of carbonyl (C=O) groups excluding carboxylic acids is 1. The minimum absolute atomic E-state index is 0.00144. The Balaban J connectivity index is 1.62. The first-order valence-electron chi connectivity index (χ1n) is 8.51. The molecule has 3 N–H and O–H groups in total. The molecule has 132 valence electrons. The third-order valence-electron chi connectivity index (χ3n) is 4.95. The first kappa shape index (κ1) is 16.3. The Bertz CT molecular complexity index is 911. The highest BCUT2D eigenvalue weighted by molar-refractivity contribution is 7.10. The topological polar surface area (TPSA) is 101 Å². The van der Waals surface area contributed by atoms with Crippen molar-refractivity contribution in [1.29, 1.82) is 0 Å². The van der Waals surface area contributed by atoms with Gasteiger partial charge < -0.3 is 5.73 Å². The van der Waals surface area contributed by atoms with E-state index in [4.69, 9.17) is 5.73 Å². The molecule has 0 bridgehead atoms. The van der Waals surface area contributed by atoms with Gasteiger partial charge in [0.2, 0.25) is 0 Å². The van der Waals surface area contributed by atoms with Gasteiger partial charge in [-0.3, -0.25) is 24.0 Å². The van der Waals surface area contributed by atoms with E-state index in [0.717, 1.165) is 32.2 Å². The maximum Gasteiger partial charge on any atom is 0.330 e. The number of H-pyrrole nitrogens is 1. The zero-order valence-electron chi connectivity index (χ0n) is 13.7. The summed E-state index contributed by atoms with van der Waals surface area (Å²) in [6.07, 6.45) is 3.71. The standard InChI is InChI=1S/C17H20N4O3S/c18-15-14(16(23)19-17(24)21(15)10-5-6-10)12(22)9-20-7-1-3-11(20)13-4-2-8-25-13/h2,4,8,10-11H,1,3,5-7,9,18H2,(H,19,23,24)/t11-/m1/s1. The number of hydrogen-bond acceptors (Lipinski definition) is 6. The molecule has 1 aliphatic heterocycles. The van der Waals surface area contributed by atoms with Crippen molar-refractivity contribution in [2.75, 3.05) is 18.8 Å². The first-order valence-corrected chi connectivity index (χ1v) is 9.39. The van der Waals surface area contributed by atoms with E-state index in [1.807, 2.05) is 11.4 Å². The number of likely N-dealkylation sites (tertiary alicyclic amines) is 1. The number of ketones is 1. The summed E-state index contributed by atoms with van der Waals surface area (Å²) in [5, 5.41) is 2.03. The van der Waals surface area contributed by atoms with Crippen LogP contribution in [0.25, 0.3) is 0 Å². The Morgan fingerprint density at radius 2 is 2.12 bits per heavy atom. The lowest BCUT2D eigenvalue weighted by molar-refractivity contribution is 0.0921. The van der Waals surface area contributed by atoms with E-state index in [1.165, 1.54) is 9.44 Å². The molecule has 7 nitrogen and oxygen atoms in total. The average molecular weight is 360 g/mol. The fourth-order valence-electron chi connectivity index (χ4n) is 3.61. The zero-order valence-corrected chi connectivity index (χ0v) is 14.6. The van der Waals surface area contributed by atoms with Crippen LogP contribution < -0.4 is 17.0 Å². The van der Waals surface area contributed by atoms with Crippen LogP contribution >= 0.6 is 11.3 Å². The van der Waals surface area contributed by atoms with Gasteiger partial charge in [0.15, 0.2) is 5.78 Å². The molecule has 4 rings (SSSR count). The zero-order chi connectivity index (χ0) is 17.6. The predicted octanol–water partition coefficient (Wildman–Crippen LogP) is 1.53. The van der Waals surface area contributed by atoms with Crippen LogP contribution in [0, 0.1) is 0 Å². The number of nitrogens with one attached hydrogen (secondary N) is 1. The van der Waals surface area contributed by atoms with Crippen molar-refractivity contribution < 1.29 is 4.79 Å². The summed E-state index contributed by atoms with van der Waals surface area (Å²) in [6, 6.07) is 4.29. The van der Waals surface area contributed by atoms with E-state index in [1.54, 1.807) is 11.3 Å². The van der Waals surface area contributed by atoms with Gasteiger partial charge in [-0.25, -0.2) is 4.79 Å². The number of carbonyl (C=O) groups is 1. The minimum atomic E-state index is -0.684. The molecule has 2 aromatic rings. The monoisotopic (exact) mass is 360 g/mol. The number of hydrogen-bond donors (Lipinski definition) is 2. The van der Waals surface area contributed by atoms with E-state index in [9.17, 15) is 14.4 Å². The molecule has 25 heavy (non-hydrogen) atoms. The van der Waals surface area contributed by atoms with E-state index >= 15 is 0 Å². The Morgan fingerprint density at radius 1 is 1.32 bits per heavy atom. The number of thiophene rings is 1. The van der Waals surface area contributed by atoms with E-state index in [-0.39, 0.29) is 35.8 Å². The Hall–Kier alpha value is -2.19. The van der Waals surface area contributed by atoms with Gasteiger partial charge in [-0.05, 0) is 43.7 Å². The molecule has 0 spiro atoms. The number of aromatic nitrogens is 2. The lowest BCUT2D eigenvalue weighted by Gasteiger charge is -2.23. The van der Waals surface area contributed by atoms with Crippen LogP contribution in [0.4, 0.5) is 5.82 Å². The largest absolute Gasteiger partial charge is 0.384 e. The number of nitrogens with two attached hydrogens (primary N) is 1. The van der Waals surface area contributed by atoms with Crippen LogP contribution in [0.1, 0.15) is 53.0 Å². The van der Waals surface area contributed by atoms with Crippen molar-refractivity contribution in [2.24, 2.45) is 0 Å². The van der Waals surface area contributed by atoms with Crippen molar-refractivity contribution in [2.45, 2.75) is 37.8 Å². The van der Waals surface area contributed by atoms with Gasteiger partial charge in [0.05, 0.1) is 6.54 Å². The molecule has 8 heteroatoms. The summed E-state index contributed by atoms with van der Waals surface area (Å²) in [5.74, 6) is -0.315. The molecule has 0 aromatic carbocycles. The molecule has 1 aliphatic carbocycles. The fourth-order valence-corrected chi connectivity index (χ4v) is 4.51. The third kappa shape index (κ3) is 2.96. The van der Waals surface area contributed by atoms with Crippen molar-refractivity contribution in [3.63, 3.8) is 0 Å². The van der Waals surface area contributed by atoms with E-state index in [0.29, 0.717) is 0 Å². The Morgan fingerprint density at radius 3 is 2.80 bits per heavy atom. The molecule has 1 atom stereocenters. The Labute approximate surface area is 148 Å². The molecule has 0 unspecified atom stereocenters. The smallest absolute Gasteiger partial charge is 0.330 e. The van der Waals surface area contributed by atoms with Crippen molar-refractivity contribution in [1.82, 2.24) is 14.5 Å². The second-order valence-electron chi connectivity index (χ2n) is 6.69. The molecule has 1 saturated carbocycles. The Kier molecular flexibility index (Phi) is 4.09. The number of Topliss-reactive ketones (excluding diaryl/α,β-unsaturated/α-hetero) is 1. The highest BCUT2D eigenvalue weighted by Gasteiger charge is 2.32. The average Bonchev–Trinajstić information content (AvgIpc) is 3.06. The molecule has 0 radical (unpaired) electrons. The van der Waals surface area contributed by atoms with Crippen LogP contribution in [-0.4, -0.2) is 33.3 Å². The summed E-state index contributed by atoms with van der Waals surface area (Å²) in [5.41, 5.74) is 4.74. The summed E-state index contributed by atoms with van der Waals surface area (Å²) >= 11 is 1.68. The summed E-state index contributed by atoms with van der Waals surface area (Å²) in [6.45, 7) is 0.951. The van der Waals surface area contributed by atoms with Crippen LogP contribution in [0.15, 0.2) is 27.1 Å². The van der Waals surface area contributed by atoms with Crippen molar-refractivity contribution in [3.8, 4) is 0 Å². The first-order chi connectivity index (χ1) is 12.1. The third-order valence-corrected chi connectivity index (χ3v) is 5.93.